The van der Waals surface area contributed by atoms with Gasteiger partial charge in [0.15, 0.2) is 0 Å². The van der Waals surface area contributed by atoms with E-state index in [1.165, 1.54) is 6.20 Å². The van der Waals surface area contributed by atoms with E-state index in [0.717, 1.165) is 0 Å². The number of nitrogens with zero attached hydrogens (tertiary/aromatic N) is 1. The first kappa shape index (κ1) is 19.9. The number of hydrogen-bond donors (Lipinski definition) is 2. The van der Waals surface area contributed by atoms with Gasteiger partial charge in [0.05, 0.1) is 17.3 Å². The zero-order valence-corrected chi connectivity index (χ0v) is 14.8. The standard InChI is InChI=1S/C17H26N2O5/c1-11(2)24-14-7-6-12(10-18-14)15(20)19-13(16(21)22)8-9-23-17(3,4)5/h6-7,10-11,13H,8-9H2,1-5H3,(H,19,20)(H,21,22). The Kier molecular flexibility index (Phi) is 7.16. The van der Waals surface area contributed by atoms with E-state index in [1.54, 1.807) is 12.1 Å². The Morgan fingerprint density at radius 3 is 2.42 bits per heavy atom. The third-order valence-corrected chi connectivity index (χ3v) is 2.90. The number of aromatic nitrogens is 1. The van der Waals surface area contributed by atoms with Crippen molar-refractivity contribution in [2.45, 2.75) is 58.8 Å². The zero-order valence-electron chi connectivity index (χ0n) is 14.8. The summed E-state index contributed by atoms with van der Waals surface area (Å²) < 4.78 is 10.9. The molecule has 0 fully saturated rings. The van der Waals surface area contributed by atoms with E-state index < -0.39 is 17.9 Å². The minimum atomic E-state index is -1.10. The van der Waals surface area contributed by atoms with E-state index in [-0.39, 0.29) is 30.3 Å². The van der Waals surface area contributed by atoms with Crippen LogP contribution in [-0.4, -0.2) is 46.3 Å². The lowest BCUT2D eigenvalue weighted by molar-refractivity contribution is -0.140. The number of carboxylic acids is 1. The SMILES string of the molecule is CC(C)Oc1ccc(C(=O)NC(CCOC(C)(C)C)C(=O)O)cn1. The van der Waals surface area contributed by atoms with Crippen LogP contribution in [0.2, 0.25) is 0 Å². The van der Waals surface area contributed by atoms with E-state index in [2.05, 4.69) is 10.3 Å². The number of carbonyl (C=O) groups excluding carboxylic acids is 1. The molecule has 2 N–H and O–H groups in total. The summed E-state index contributed by atoms with van der Waals surface area (Å²) in [6.45, 7) is 9.63. The minimum absolute atomic E-state index is 0.0172. The smallest absolute Gasteiger partial charge is 0.326 e. The molecule has 0 saturated carbocycles. The highest BCUT2D eigenvalue weighted by atomic mass is 16.5. The number of carboxylic acid groups (broad SMARTS) is 1. The van der Waals surface area contributed by atoms with Crippen LogP contribution in [0.3, 0.4) is 0 Å². The second-order valence-corrected chi connectivity index (χ2v) is 6.67. The van der Waals surface area contributed by atoms with Gasteiger partial charge in [0.1, 0.15) is 6.04 Å². The molecule has 1 unspecified atom stereocenters. The number of carbonyl (C=O) groups is 2. The fourth-order valence-electron chi connectivity index (χ4n) is 1.81. The van der Waals surface area contributed by atoms with Crippen molar-refractivity contribution >= 4 is 11.9 Å². The molecule has 0 aliphatic carbocycles. The molecule has 7 heteroatoms. The van der Waals surface area contributed by atoms with Crippen molar-refractivity contribution in [1.82, 2.24) is 10.3 Å². The van der Waals surface area contributed by atoms with Crippen LogP contribution in [0.1, 0.15) is 51.4 Å². The van der Waals surface area contributed by atoms with Gasteiger partial charge in [-0.25, -0.2) is 9.78 Å². The van der Waals surface area contributed by atoms with Gasteiger partial charge in [0.25, 0.3) is 5.91 Å². The van der Waals surface area contributed by atoms with Gasteiger partial charge in [-0.05, 0) is 40.7 Å². The highest BCUT2D eigenvalue weighted by Crippen LogP contribution is 2.11. The normalized spacial score (nSPS) is 12.8. The van der Waals surface area contributed by atoms with Crippen molar-refractivity contribution in [3.8, 4) is 5.88 Å². The van der Waals surface area contributed by atoms with Crippen molar-refractivity contribution in [2.24, 2.45) is 0 Å². The topological polar surface area (TPSA) is 97.8 Å². The maximum atomic E-state index is 12.2. The van der Waals surface area contributed by atoms with E-state index in [9.17, 15) is 14.7 Å². The first-order chi connectivity index (χ1) is 11.1. The summed E-state index contributed by atoms with van der Waals surface area (Å²) in [4.78, 5) is 27.5. The molecule has 1 rings (SSSR count). The van der Waals surface area contributed by atoms with Crippen LogP contribution in [-0.2, 0) is 9.53 Å². The fourth-order valence-corrected chi connectivity index (χ4v) is 1.81. The average molecular weight is 338 g/mol. The second-order valence-electron chi connectivity index (χ2n) is 6.67. The molecule has 0 aliphatic heterocycles. The quantitative estimate of drug-likeness (QED) is 0.754. The van der Waals surface area contributed by atoms with Gasteiger partial charge >= 0.3 is 5.97 Å². The number of aliphatic carboxylic acids is 1. The van der Waals surface area contributed by atoms with E-state index in [0.29, 0.717) is 5.88 Å². The Morgan fingerprint density at radius 1 is 1.29 bits per heavy atom. The van der Waals surface area contributed by atoms with Gasteiger partial charge in [0.2, 0.25) is 5.88 Å². The summed E-state index contributed by atoms with van der Waals surface area (Å²) in [5.74, 6) is -1.19. The third kappa shape index (κ3) is 7.41. The van der Waals surface area contributed by atoms with Gasteiger partial charge in [-0.2, -0.15) is 0 Å². The Bertz CT molecular complexity index is 549. The predicted octanol–water partition coefficient (Wildman–Crippen LogP) is 2.26. The molecule has 1 aromatic rings. The molecular formula is C17H26N2O5. The van der Waals surface area contributed by atoms with Gasteiger partial charge in [-0.15, -0.1) is 0 Å². The molecule has 0 aromatic carbocycles. The van der Waals surface area contributed by atoms with Crippen molar-refractivity contribution in [1.29, 1.82) is 0 Å². The zero-order chi connectivity index (χ0) is 18.3. The summed E-state index contributed by atoms with van der Waals surface area (Å²) in [5.41, 5.74) is -0.0856. The summed E-state index contributed by atoms with van der Waals surface area (Å²) in [6, 6.07) is 2.10. The lowest BCUT2D eigenvalue weighted by Gasteiger charge is -2.21. The van der Waals surface area contributed by atoms with Crippen molar-refractivity contribution in [3.05, 3.63) is 23.9 Å². The molecule has 0 spiro atoms. The molecule has 0 bridgehead atoms. The molecule has 0 radical (unpaired) electrons. The highest BCUT2D eigenvalue weighted by molar-refractivity contribution is 5.96. The number of hydrogen-bond acceptors (Lipinski definition) is 5. The first-order valence-corrected chi connectivity index (χ1v) is 7.89. The van der Waals surface area contributed by atoms with Gasteiger partial charge in [-0.1, -0.05) is 0 Å². The van der Waals surface area contributed by atoms with Crippen LogP contribution in [0.25, 0.3) is 0 Å². The molecule has 0 aliphatic rings. The predicted molar refractivity (Wildman–Crippen MR) is 89.2 cm³/mol. The van der Waals surface area contributed by atoms with Crippen LogP contribution in [0.15, 0.2) is 18.3 Å². The molecule has 1 atom stereocenters. The Balaban J connectivity index is 2.63. The Hall–Kier alpha value is -2.15. The molecule has 134 valence electrons. The fraction of sp³-hybridized carbons (Fsp3) is 0.588. The first-order valence-electron chi connectivity index (χ1n) is 7.89. The molecule has 7 nitrogen and oxygen atoms in total. The van der Waals surface area contributed by atoms with Crippen LogP contribution >= 0.6 is 0 Å². The summed E-state index contributed by atoms with van der Waals surface area (Å²) in [7, 11) is 0. The summed E-state index contributed by atoms with van der Waals surface area (Å²) in [6.07, 6.45) is 1.52. The maximum absolute atomic E-state index is 12.2. The van der Waals surface area contributed by atoms with Gasteiger partial charge < -0.3 is 19.9 Å². The van der Waals surface area contributed by atoms with Crippen molar-refractivity contribution in [3.63, 3.8) is 0 Å². The lowest BCUT2D eigenvalue weighted by atomic mass is 10.1. The van der Waals surface area contributed by atoms with E-state index in [4.69, 9.17) is 9.47 Å². The molecule has 24 heavy (non-hydrogen) atoms. The highest BCUT2D eigenvalue weighted by Gasteiger charge is 2.22. The third-order valence-electron chi connectivity index (χ3n) is 2.90. The number of ether oxygens (including phenoxy) is 2. The van der Waals surface area contributed by atoms with Crippen LogP contribution < -0.4 is 10.1 Å². The maximum Gasteiger partial charge on any atom is 0.326 e. The molecule has 0 saturated heterocycles. The Labute approximate surface area is 142 Å². The van der Waals surface area contributed by atoms with E-state index in [1.807, 2.05) is 34.6 Å². The summed E-state index contributed by atoms with van der Waals surface area (Å²) >= 11 is 0. The number of rotatable bonds is 8. The van der Waals surface area contributed by atoms with Crippen LogP contribution in [0, 0.1) is 0 Å². The molecule has 1 heterocycles. The summed E-state index contributed by atoms with van der Waals surface area (Å²) in [5, 5.41) is 11.7. The molecule has 1 amide bonds. The minimum Gasteiger partial charge on any atom is -0.480 e. The lowest BCUT2D eigenvalue weighted by Crippen LogP contribution is -2.42. The van der Waals surface area contributed by atoms with Gasteiger partial charge in [0, 0.05) is 25.3 Å². The number of nitrogens with one attached hydrogen (secondary N) is 1. The monoisotopic (exact) mass is 338 g/mol. The van der Waals surface area contributed by atoms with Crippen molar-refractivity contribution < 1.29 is 24.2 Å². The van der Waals surface area contributed by atoms with Crippen molar-refractivity contribution in [2.75, 3.05) is 6.61 Å². The molecule has 1 aromatic heterocycles. The number of pyridine rings is 1. The van der Waals surface area contributed by atoms with Crippen LogP contribution in [0.5, 0.6) is 5.88 Å². The van der Waals surface area contributed by atoms with Crippen LogP contribution in [0.4, 0.5) is 0 Å². The number of amides is 1. The van der Waals surface area contributed by atoms with E-state index >= 15 is 0 Å². The second kappa shape index (κ2) is 8.63. The van der Waals surface area contributed by atoms with Gasteiger partial charge in [-0.3, -0.25) is 4.79 Å². The molecular weight excluding hydrogens is 312 g/mol. The Morgan fingerprint density at radius 2 is 1.96 bits per heavy atom. The largest absolute Gasteiger partial charge is 0.480 e. The average Bonchev–Trinajstić information content (AvgIpc) is 2.44.